The molecule has 1 saturated carbocycles. The second-order valence-corrected chi connectivity index (χ2v) is 4.38. The van der Waals surface area contributed by atoms with Crippen molar-refractivity contribution in [1.82, 2.24) is 0 Å². The van der Waals surface area contributed by atoms with Crippen molar-refractivity contribution < 1.29 is 19.7 Å². The van der Waals surface area contributed by atoms with Crippen LogP contribution in [0.15, 0.2) is 12.1 Å². The van der Waals surface area contributed by atoms with E-state index in [9.17, 15) is 9.90 Å². The van der Waals surface area contributed by atoms with Crippen LogP contribution < -0.4 is 10.5 Å². The minimum Gasteiger partial charge on any atom is -0.507 e. The maximum absolute atomic E-state index is 11.1. The predicted octanol–water partition coefficient (Wildman–Crippen LogP) is 1.44. The molecule has 0 spiro atoms. The quantitative estimate of drug-likeness (QED) is 0.739. The molecule has 0 radical (unpaired) electrons. The summed E-state index contributed by atoms with van der Waals surface area (Å²) in [6.07, 6.45) is 2.50. The Morgan fingerprint density at radius 2 is 2.12 bits per heavy atom. The number of carbonyl (C=O) groups is 1. The van der Waals surface area contributed by atoms with Crippen LogP contribution >= 0.6 is 0 Å². The lowest BCUT2D eigenvalue weighted by Crippen LogP contribution is -2.43. The zero-order valence-electron chi connectivity index (χ0n) is 9.56. The number of carboxylic acid groups (broad SMARTS) is 1. The summed E-state index contributed by atoms with van der Waals surface area (Å²) in [5.41, 5.74) is 6.01. The van der Waals surface area contributed by atoms with E-state index in [4.69, 9.17) is 15.6 Å². The molecule has 0 bridgehead atoms. The summed E-state index contributed by atoms with van der Waals surface area (Å²) in [5, 5.41) is 18.9. The van der Waals surface area contributed by atoms with E-state index in [-0.39, 0.29) is 17.1 Å². The standard InChI is InChI=1S/C12H15NO4/c1-17-10-6-9(14)8(5-7(10)11(15)16)12(13)3-2-4-12/h5-6,14H,2-4,13H2,1H3,(H,15,16). The first-order valence-corrected chi connectivity index (χ1v) is 5.41. The van der Waals surface area contributed by atoms with Crippen LogP contribution in [-0.4, -0.2) is 23.3 Å². The van der Waals surface area contributed by atoms with E-state index in [1.807, 2.05) is 0 Å². The largest absolute Gasteiger partial charge is 0.507 e. The Bertz CT molecular complexity index is 466. The molecule has 92 valence electrons. The van der Waals surface area contributed by atoms with Crippen molar-refractivity contribution in [3.8, 4) is 11.5 Å². The van der Waals surface area contributed by atoms with E-state index in [1.165, 1.54) is 19.2 Å². The first-order valence-electron chi connectivity index (χ1n) is 5.41. The molecule has 0 atom stereocenters. The summed E-state index contributed by atoms with van der Waals surface area (Å²) in [6, 6.07) is 2.72. The number of aromatic carboxylic acids is 1. The molecule has 1 fully saturated rings. The molecule has 1 aromatic carbocycles. The lowest BCUT2D eigenvalue weighted by Gasteiger charge is -2.39. The maximum Gasteiger partial charge on any atom is 0.339 e. The highest BCUT2D eigenvalue weighted by Gasteiger charge is 2.37. The van der Waals surface area contributed by atoms with E-state index in [0.717, 1.165) is 19.3 Å². The molecule has 0 heterocycles. The zero-order chi connectivity index (χ0) is 12.6. The minimum atomic E-state index is -1.09. The van der Waals surface area contributed by atoms with Gasteiger partial charge >= 0.3 is 5.97 Å². The van der Waals surface area contributed by atoms with Gasteiger partial charge in [-0.3, -0.25) is 0 Å². The number of ether oxygens (including phenoxy) is 1. The van der Waals surface area contributed by atoms with Gasteiger partial charge in [0.2, 0.25) is 0 Å². The van der Waals surface area contributed by atoms with Gasteiger partial charge in [-0.1, -0.05) is 0 Å². The molecule has 0 aromatic heterocycles. The van der Waals surface area contributed by atoms with Gasteiger partial charge in [-0.05, 0) is 25.3 Å². The van der Waals surface area contributed by atoms with Crippen LogP contribution in [0.5, 0.6) is 11.5 Å². The molecular formula is C12H15NO4. The van der Waals surface area contributed by atoms with E-state index in [1.54, 1.807) is 0 Å². The van der Waals surface area contributed by atoms with Crippen LogP contribution in [-0.2, 0) is 5.54 Å². The van der Waals surface area contributed by atoms with Crippen LogP contribution in [0.1, 0.15) is 35.2 Å². The number of benzene rings is 1. The second kappa shape index (κ2) is 3.92. The average molecular weight is 237 g/mol. The Labute approximate surface area is 98.8 Å². The molecule has 0 aliphatic heterocycles. The van der Waals surface area contributed by atoms with Crippen molar-refractivity contribution in [2.24, 2.45) is 5.73 Å². The summed E-state index contributed by atoms with van der Waals surface area (Å²) in [6.45, 7) is 0. The van der Waals surface area contributed by atoms with Gasteiger partial charge in [0.15, 0.2) is 0 Å². The average Bonchev–Trinajstić information content (AvgIpc) is 2.25. The fourth-order valence-electron chi connectivity index (χ4n) is 2.13. The smallest absolute Gasteiger partial charge is 0.339 e. The van der Waals surface area contributed by atoms with Gasteiger partial charge in [-0.2, -0.15) is 0 Å². The van der Waals surface area contributed by atoms with Gasteiger partial charge in [-0.15, -0.1) is 0 Å². The molecular weight excluding hydrogens is 222 g/mol. The lowest BCUT2D eigenvalue weighted by molar-refractivity contribution is 0.0693. The molecule has 2 rings (SSSR count). The van der Waals surface area contributed by atoms with Crippen LogP contribution in [0.25, 0.3) is 0 Å². The monoisotopic (exact) mass is 237 g/mol. The van der Waals surface area contributed by atoms with Gasteiger partial charge in [-0.25, -0.2) is 4.79 Å². The number of aromatic hydroxyl groups is 1. The topological polar surface area (TPSA) is 92.8 Å². The number of carboxylic acids is 1. The fraction of sp³-hybridized carbons (Fsp3) is 0.417. The van der Waals surface area contributed by atoms with Crippen LogP contribution in [0, 0.1) is 0 Å². The van der Waals surface area contributed by atoms with Gasteiger partial charge in [0.1, 0.15) is 17.1 Å². The molecule has 1 aliphatic rings. The molecule has 5 nitrogen and oxygen atoms in total. The Morgan fingerprint density at radius 1 is 1.47 bits per heavy atom. The summed E-state index contributed by atoms with van der Waals surface area (Å²) < 4.78 is 4.93. The third-order valence-electron chi connectivity index (χ3n) is 3.33. The molecule has 1 aromatic rings. The third kappa shape index (κ3) is 1.82. The maximum atomic E-state index is 11.1. The number of rotatable bonds is 3. The SMILES string of the molecule is COc1cc(O)c(C2(N)CCC2)cc1C(=O)O. The molecule has 0 saturated heterocycles. The van der Waals surface area contributed by atoms with Crippen LogP contribution in [0.4, 0.5) is 0 Å². The van der Waals surface area contributed by atoms with E-state index >= 15 is 0 Å². The number of phenolic OH excluding ortho intramolecular Hbond substituents is 1. The lowest BCUT2D eigenvalue weighted by atomic mass is 9.72. The summed E-state index contributed by atoms with van der Waals surface area (Å²) in [4.78, 5) is 11.1. The zero-order valence-corrected chi connectivity index (χ0v) is 9.56. The third-order valence-corrected chi connectivity index (χ3v) is 3.33. The van der Waals surface area contributed by atoms with Gasteiger partial charge in [0.05, 0.1) is 7.11 Å². The normalized spacial score (nSPS) is 17.3. The van der Waals surface area contributed by atoms with Crippen LogP contribution in [0.3, 0.4) is 0 Å². The van der Waals surface area contributed by atoms with Crippen molar-refractivity contribution >= 4 is 5.97 Å². The minimum absolute atomic E-state index is 0.00551. The van der Waals surface area contributed by atoms with Gasteiger partial charge < -0.3 is 20.7 Å². The molecule has 0 unspecified atom stereocenters. The summed E-state index contributed by atoms with van der Waals surface area (Å²) in [5.74, 6) is -0.957. The van der Waals surface area contributed by atoms with E-state index in [0.29, 0.717) is 5.56 Å². The number of hydrogen-bond donors (Lipinski definition) is 3. The molecule has 4 N–H and O–H groups in total. The first-order chi connectivity index (χ1) is 7.98. The highest BCUT2D eigenvalue weighted by Crippen LogP contribution is 2.44. The van der Waals surface area contributed by atoms with Crippen molar-refractivity contribution in [2.45, 2.75) is 24.8 Å². The number of nitrogens with two attached hydrogens (primary N) is 1. The summed E-state index contributed by atoms with van der Waals surface area (Å²) >= 11 is 0. The predicted molar refractivity (Wildman–Crippen MR) is 61.3 cm³/mol. The highest BCUT2D eigenvalue weighted by molar-refractivity contribution is 5.91. The highest BCUT2D eigenvalue weighted by atomic mass is 16.5. The van der Waals surface area contributed by atoms with E-state index in [2.05, 4.69) is 0 Å². The summed E-state index contributed by atoms with van der Waals surface area (Å²) in [7, 11) is 1.36. The van der Waals surface area contributed by atoms with Crippen molar-refractivity contribution in [1.29, 1.82) is 0 Å². The van der Waals surface area contributed by atoms with Crippen LogP contribution in [0.2, 0.25) is 0 Å². The number of hydrogen-bond acceptors (Lipinski definition) is 4. The molecule has 5 heteroatoms. The second-order valence-electron chi connectivity index (χ2n) is 4.38. The Kier molecular flexibility index (Phi) is 2.71. The number of phenols is 1. The van der Waals surface area contributed by atoms with Crippen molar-refractivity contribution in [3.63, 3.8) is 0 Å². The van der Waals surface area contributed by atoms with Crippen molar-refractivity contribution in [3.05, 3.63) is 23.3 Å². The van der Waals surface area contributed by atoms with E-state index < -0.39 is 11.5 Å². The van der Waals surface area contributed by atoms with Gasteiger partial charge in [0.25, 0.3) is 0 Å². The fourth-order valence-corrected chi connectivity index (χ4v) is 2.13. The molecule has 1 aliphatic carbocycles. The molecule has 0 amide bonds. The van der Waals surface area contributed by atoms with Crippen molar-refractivity contribution in [2.75, 3.05) is 7.11 Å². The Balaban J connectivity index is 2.54. The van der Waals surface area contributed by atoms with Gasteiger partial charge in [0, 0.05) is 17.2 Å². The Morgan fingerprint density at radius 3 is 2.53 bits per heavy atom. The first kappa shape index (κ1) is 11.7. The Hall–Kier alpha value is -1.75. The molecule has 17 heavy (non-hydrogen) atoms. The number of methoxy groups -OCH3 is 1.